The third kappa shape index (κ3) is 5.13. The van der Waals surface area contributed by atoms with Crippen molar-refractivity contribution in [3.05, 3.63) is 64.2 Å². The first-order chi connectivity index (χ1) is 12.0. The molecular formula is C16H15N5O4. The van der Waals surface area contributed by atoms with Crippen LogP contribution in [0.3, 0.4) is 0 Å². The Bertz CT molecular complexity index is 831. The van der Waals surface area contributed by atoms with Crippen LogP contribution in [0.4, 0.5) is 11.4 Å². The molecule has 2 aromatic carbocycles. The molecule has 2 aromatic rings. The Morgan fingerprint density at radius 2 is 1.88 bits per heavy atom. The summed E-state index contributed by atoms with van der Waals surface area (Å²) >= 11 is 0. The Balaban J connectivity index is 1.90. The highest BCUT2D eigenvalue weighted by Gasteiger charge is 2.08. The van der Waals surface area contributed by atoms with Gasteiger partial charge in [-0.15, -0.1) is 0 Å². The number of para-hydroxylation sites is 1. The molecule has 0 spiro atoms. The van der Waals surface area contributed by atoms with Gasteiger partial charge in [0.2, 0.25) is 0 Å². The summed E-state index contributed by atoms with van der Waals surface area (Å²) in [4.78, 5) is 21.9. The topological polar surface area (TPSA) is 129 Å². The van der Waals surface area contributed by atoms with Gasteiger partial charge in [-0.05, 0) is 31.2 Å². The number of hydrazone groups is 2. The van der Waals surface area contributed by atoms with Gasteiger partial charge in [0.1, 0.15) is 5.75 Å². The van der Waals surface area contributed by atoms with Crippen molar-refractivity contribution in [3.63, 3.8) is 0 Å². The van der Waals surface area contributed by atoms with E-state index in [9.17, 15) is 20.0 Å². The first-order valence-corrected chi connectivity index (χ1v) is 7.13. The number of rotatable bonds is 6. The van der Waals surface area contributed by atoms with E-state index < -0.39 is 10.8 Å². The van der Waals surface area contributed by atoms with Gasteiger partial charge in [0.15, 0.2) is 0 Å². The van der Waals surface area contributed by atoms with E-state index in [1.54, 1.807) is 19.1 Å². The molecule has 0 aliphatic rings. The first-order valence-electron chi connectivity index (χ1n) is 7.13. The van der Waals surface area contributed by atoms with Crippen molar-refractivity contribution in [3.8, 4) is 5.75 Å². The zero-order valence-electron chi connectivity index (χ0n) is 13.2. The van der Waals surface area contributed by atoms with Crippen molar-refractivity contribution in [1.29, 1.82) is 0 Å². The minimum absolute atomic E-state index is 0.0147. The van der Waals surface area contributed by atoms with Crippen molar-refractivity contribution in [2.45, 2.75) is 6.92 Å². The van der Waals surface area contributed by atoms with Gasteiger partial charge in [0.25, 0.3) is 11.6 Å². The van der Waals surface area contributed by atoms with E-state index in [4.69, 9.17) is 0 Å². The lowest BCUT2D eigenvalue weighted by molar-refractivity contribution is -0.384. The van der Waals surface area contributed by atoms with Gasteiger partial charge in [-0.1, -0.05) is 12.1 Å². The summed E-state index contributed by atoms with van der Waals surface area (Å²) in [5.74, 6) is -0.685. The van der Waals surface area contributed by atoms with Gasteiger partial charge in [-0.2, -0.15) is 10.2 Å². The molecule has 0 aliphatic carbocycles. The summed E-state index contributed by atoms with van der Waals surface area (Å²) in [6.07, 6.45) is 1.37. The van der Waals surface area contributed by atoms with E-state index in [1.807, 2.05) is 0 Å². The van der Waals surface area contributed by atoms with E-state index in [0.29, 0.717) is 11.4 Å². The van der Waals surface area contributed by atoms with Crippen molar-refractivity contribution < 1.29 is 14.8 Å². The molecule has 25 heavy (non-hydrogen) atoms. The molecule has 9 nitrogen and oxygen atoms in total. The first kappa shape index (κ1) is 17.6. The number of phenols is 1. The number of hydrogen-bond donors (Lipinski definition) is 3. The van der Waals surface area contributed by atoms with Crippen molar-refractivity contribution in [2.75, 3.05) is 5.43 Å². The van der Waals surface area contributed by atoms with Crippen molar-refractivity contribution in [1.82, 2.24) is 5.43 Å². The lowest BCUT2D eigenvalue weighted by atomic mass is 10.2. The molecule has 0 bridgehead atoms. The monoisotopic (exact) mass is 341 g/mol. The molecular weight excluding hydrogens is 326 g/mol. The van der Waals surface area contributed by atoms with Crippen LogP contribution in [-0.4, -0.2) is 27.9 Å². The van der Waals surface area contributed by atoms with Crippen molar-refractivity contribution >= 4 is 29.2 Å². The highest BCUT2D eigenvalue weighted by Crippen LogP contribution is 2.15. The molecule has 0 heterocycles. The number of nitro groups is 1. The summed E-state index contributed by atoms with van der Waals surface area (Å²) in [5.41, 5.74) is 6.05. The average molecular weight is 341 g/mol. The van der Waals surface area contributed by atoms with Crippen LogP contribution in [0.5, 0.6) is 5.75 Å². The van der Waals surface area contributed by atoms with Crippen LogP contribution >= 0.6 is 0 Å². The van der Waals surface area contributed by atoms with Crippen LogP contribution in [0.15, 0.2) is 58.7 Å². The van der Waals surface area contributed by atoms with Gasteiger partial charge in [-0.25, -0.2) is 5.43 Å². The number of nitrogens with one attached hydrogen (secondary N) is 2. The second kappa shape index (κ2) is 8.20. The van der Waals surface area contributed by atoms with Gasteiger partial charge in [0, 0.05) is 12.1 Å². The van der Waals surface area contributed by atoms with Crippen LogP contribution in [-0.2, 0) is 0 Å². The Kier molecular flexibility index (Phi) is 5.77. The zero-order valence-corrected chi connectivity index (χ0v) is 13.2. The summed E-state index contributed by atoms with van der Waals surface area (Å²) < 4.78 is 0. The predicted octanol–water partition coefficient (Wildman–Crippen LogP) is 2.50. The SMILES string of the molecule is CC(/C=N/Nc1ccc([N+](=O)[O-])cc1)=N\NC(=O)c1ccccc1O. The normalized spacial score (nSPS) is 11.3. The quantitative estimate of drug-likeness (QED) is 0.422. The molecule has 0 aromatic heterocycles. The molecule has 0 saturated heterocycles. The summed E-state index contributed by atoms with van der Waals surface area (Å²) in [6.45, 7) is 1.62. The fourth-order valence-electron chi connectivity index (χ4n) is 1.75. The number of aromatic hydroxyl groups is 1. The van der Waals surface area contributed by atoms with Gasteiger partial charge >= 0.3 is 0 Å². The number of non-ortho nitro benzene ring substituents is 1. The molecule has 1 amide bonds. The van der Waals surface area contributed by atoms with Gasteiger partial charge in [-0.3, -0.25) is 20.3 Å². The van der Waals surface area contributed by atoms with E-state index in [1.165, 1.54) is 42.6 Å². The Morgan fingerprint density at radius 3 is 2.52 bits per heavy atom. The second-order valence-corrected chi connectivity index (χ2v) is 4.89. The number of nitrogens with zero attached hydrogens (tertiary/aromatic N) is 3. The van der Waals surface area contributed by atoms with Crippen LogP contribution in [0.2, 0.25) is 0 Å². The number of carbonyl (C=O) groups is 1. The molecule has 0 atom stereocenters. The van der Waals surface area contributed by atoms with E-state index >= 15 is 0 Å². The van der Waals surface area contributed by atoms with Gasteiger partial charge in [0.05, 0.1) is 28.1 Å². The Labute approximate surface area is 142 Å². The number of carbonyl (C=O) groups excluding carboxylic acids is 1. The Morgan fingerprint density at radius 1 is 1.20 bits per heavy atom. The number of anilines is 1. The average Bonchev–Trinajstić information content (AvgIpc) is 2.60. The minimum Gasteiger partial charge on any atom is -0.507 e. The third-order valence-electron chi connectivity index (χ3n) is 3.01. The summed E-state index contributed by atoms with van der Waals surface area (Å²) in [5, 5.41) is 27.9. The number of phenolic OH excluding ortho intramolecular Hbond substituents is 1. The number of amides is 1. The van der Waals surface area contributed by atoms with E-state index in [0.717, 1.165) is 0 Å². The lowest BCUT2D eigenvalue weighted by Gasteiger charge is -2.02. The highest BCUT2D eigenvalue weighted by atomic mass is 16.6. The maximum absolute atomic E-state index is 11.9. The molecule has 128 valence electrons. The molecule has 0 fully saturated rings. The molecule has 9 heteroatoms. The van der Waals surface area contributed by atoms with E-state index in [-0.39, 0.29) is 17.0 Å². The largest absolute Gasteiger partial charge is 0.507 e. The maximum atomic E-state index is 11.9. The van der Waals surface area contributed by atoms with Crippen molar-refractivity contribution in [2.24, 2.45) is 10.2 Å². The van der Waals surface area contributed by atoms with Crippen LogP contribution < -0.4 is 10.9 Å². The third-order valence-corrected chi connectivity index (χ3v) is 3.01. The predicted molar refractivity (Wildman–Crippen MR) is 93.9 cm³/mol. The number of nitro benzene ring substituents is 1. The molecule has 0 unspecified atom stereocenters. The summed E-state index contributed by atoms with van der Waals surface area (Å²) in [7, 11) is 0. The standard InChI is InChI=1S/C16H15N5O4/c1-11(18-20-16(23)14-4-2-3-5-15(14)22)10-17-19-12-6-8-13(9-7-12)21(24)25/h2-10,19,22H,1H3,(H,20,23)/b17-10+,18-11+. The minimum atomic E-state index is -0.547. The molecule has 0 saturated carbocycles. The lowest BCUT2D eigenvalue weighted by Crippen LogP contribution is -2.19. The van der Waals surface area contributed by atoms with Gasteiger partial charge < -0.3 is 5.11 Å². The molecule has 2 rings (SSSR count). The Hall–Kier alpha value is -3.75. The van der Waals surface area contributed by atoms with Crippen LogP contribution in [0.25, 0.3) is 0 Å². The molecule has 0 radical (unpaired) electrons. The number of benzene rings is 2. The fraction of sp³-hybridized carbons (Fsp3) is 0.0625. The van der Waals surface area contributed by atoms with Crippen LogP contribution in [0.1, 0.15) is 17.3 Å². The maximum Gasteiger partial charge on any atom is 0.275 e. The van der Waals surface area contributed by atoms with Crippen LogP contribution in [0, 0.1) is 10.1 Å². The number of hydrogen-bond acceptors (Lipinski definition) is 7. The summed E-state index contributed by atoms with van der Waals surface area (Å²) in [6, 6.07) is 11.8. The fourth-order valence-corrected chi connectivity index (χ4v) is 1.75. The molecule has 3 N–H and O–H groups in total. The smallest absolute Gasteiger partial charge is 0.275 e. The second-order valence-electron chi connectivity index (χ2n) is 4.89. The zero-order chi connectivity index (χ0) is 18.2. The molecule has 0 aliphatic heterocycles. The highest BCUT2D eigenvalue weighted by molar-refractivity contribution is 6.29. The van der Waals surface area contributed by atoms with E-state index in [2.05, 4.69) is 21.1 Å².